The zero-order valence-corrected chi connectivity index (χ0v) is 20.3. The first-order valence-corrected chi connectivity index (χ1v) is 11.8. The standard InChI is InChI=1S/C32H26O4/c1-35-31(33)29-19-25(17-27(29)21-10-5-3-6-11-21)23-14-9-15-24(16-23)26-18-28(22-12-7-4-8-13-22)30(20-26)32(34)36-2/h3-16,19-20H,17-18H2,1-2H3. The Morgan fingerprint density at radius 3 is 1.33 bits per heavy atom. The first-order valence-electron chi connectivity index (χ1n) is 11.8. The molecule has 0 heterocycles. The van der Waals surface area contributed by atoms with E-state index in [1.807, 2.05) is 78.9 Å². The molecule has 178 valence electrons. The van der Waals surface area contributed by atoms with Crippen molar-refractivity contribution in [3.8, 4) is 0 Å². The highest BCUT2D eigenvalue weighted by Gasteiger charge is 2.26. The van der Waals surface area contributed by atoms with E-state index >= 15 is 0 Å². The van der Waals surface area contributed by atoms with Crippen molar-refractivity contribution in [2.24, 2.45) is 0 Å². The third-order valence-electron chi connectivity index (χ3n) is 6.68. The summed E-state index contributed by atoms with van der Waals surface area (Å²) in [6, 6.07) is 28.1. The van der Waals surface area contributed by atoms with Crippen molar-refractivity contribution in [3.05, 3.63) is 130 Å². The molecule has 2 aliphatic rings. The molecule has 0 saturated heterocycles. The van der Waals surface area contributed by atoms with Gasteiger partial charge in [-0.3, -0.25) is 0 Å². The van der Waals surface area contributed by atoms with Crippen LogP contribution in [0.2, 0.25) is 0 Å². The highest BCUT2D eigenvalue weighted by Crippen LogP contribution is 2.42. The van der Waals surface area contributed by atoms with E-state index in [0.29, 0.717) is 24.0 Å². The molecule has 4 heteroatoms. The topological polar surface area (TPSA) is 52.6 Å². The van der Waals surface area contributed by atoms with E-state index in [9.17, 15) is 9.59 Å². The van der Waals surface area contributed by atoms with Gasteiger partial charge < -0.3 is 9.47 Å². The van der Waals surface area contributed by atoms with E-state index in [-0.39, 0.29) is 11.9 Å². The summed E-state index contributed by atoms with van der Waals surface area (Å²) in [5, 5.41) is 0. The van der Waals surface area contributed by atoms with E-state index in [1.54, 1.807) is 0 Å². The molecule has 5 rings (SSSR count). The van der Waals surface area contributed by atoms with Crippen molar-refractivity contribution >= 4 is 34.2 Å². The average Bonchev–Trinajstić information content (AvgIpc) is 3.59. The lowest BCUT2D eigenvalue weighted by Crippen LogP contribution is -2.03. The minimum Gasteiger partial charge on any atom is -0.465 e. The van der Waals surface area contributed by atoms with Crippen molar-refractivity contribution in [1.29, 1.82) is 0 Å². The molecule has 0 fully saturated rings. The van der Waals surface area contributed by atoms with E-state index in [1.165, 1.54) is 14.2 Å². The molecule has 0 aromatic heterocycles. The molecule has 0 amide bonds. The van der Waals surface area contributed by atoms with Gasteiger partial charge >= 0.3 is 11.9 Å². The van der Waals surface area contributed by atoms with Gasteiger partial charge in [-0.2, -0.15) is 0 Å². The Bertz CT molecular complexity index is 1350. The summed E-state index contributed by atoms with van der Waals surface area (Å²) in [5.41, 5.74) is 9.31. The molecule has 0 spiro atoms. The van der Waals surface area contributed by atoms with E-state index in [2.05, 4.69) is 18.2 Å². The lowest BCUT2D eigenvalue weighted by atomic mass is 9.94. The Balaban J connectivity index is 1.47. The highest BCUT2D eigenvalue weighted by molar-refractivity contribution is 6.09. The van der Waals surface area contributed by atoms with Crippen LogP contribution in [0, 0.1) is 0 Å². The molecule has 0 radical (unpaired) electrons. The number of rotatable bonds is 6. The second-order valence-electron chi connectivity index (χ2n) is 8.77. The molecule has 0 bridgehead atoms. The molecule has 4 nitrogen and oxygen atoms in total. The molecule has 36 heavy (non-hydrogen) atoms. The third kappa shape index (κ3) is 4.46. The maximum atomic E-state index is 12.6. The van der Waals surface area contributed by atoms with Crippen LogP contribution in [0.5, 0.6) is 0 Å². The van der Waals surface area contributed by atoms with Gasteiger partial charge in [0.05, 0.1) is 25.4 Å². The van der Waals surface area contributed by atoms with Crippen LogP contribution >= 0.6 is 0 Å². The van der Waals surface area contributed by atoms with Crippen molar-refractivity contribution in [3.63, 3.8) is 0 Å². The Morgan fingerprint density at radius 2 is 0.944 bits per heavy atom. The third-order valence-corrected chi connectivity index (χ3v) is 6.68. The van der Waals surface area contributed by atoms with Gasteiger partial charge in [-0.1, -0.05) is 78.9 Å². The maximum absolute atomic E-state index is 12.6. The monoisotopic (exact) mass is 474 g/mol. The van der Waals surface area contributed by atoms with Crippen LogP contribution in [0.1, 0.15) is 35.1 Å². The minimum absolute atomic E-state index is 0.335. The molecule has 0 atom stereocenters. The van der Waals surface area contributed by atoms with Crippen LogP contribution < -0.4 is 0 Å². The van der Waals surface area contributed by atoms with Crippen molar-refractivity contribution in [2.45, 2.75) is 12.8 Å². The zero-order chi connectivity index (χ0) is 25.1. The fourth-order valence-electron chi connectivity index (χ4n) is 4.86. The predicted molar refractivity (Wildman–Crippen MR) is 142 cm³/mol. The van der Waals surface area contributed by atoms with Crippen molar-refractivity contribution < 1.29 is 19.1 Å². The van der Waals surface area contributed by atoms with Crippen LogP contribution in [0.15, 0.2) is 108 Å². The van der Waals surface area contributed by atoms with E-state index < -0.39 is 0 Å². The highest BCUT2D eigenvalue weighted by atomic mass is 16.5. The Morgan fingerprint density at radius 1 is 0.556 bits per heavy atom. The van der Waals surface area contributed by atoms with Gasteiger partial charge in [0.25, 0.3) is 0 Å². The molecular formula is C32H26O4. The molecule has 3 aromatic rings. The largest absolute Gasteiger partial charge is 0.465 e. The van der Waals surface area contributed by atoms with Gasteiger partial charge in [0.15, 0.2) is 0 Å². The summed E-state index contributed by atoms with van der Waals surface area (Å²) in [4.78, 5) is 25.1. The van der Waals surface area contributed by atoms with Gasteiger partial charge in [-0.25, -0.2) is 9.59 Å². The van der Waals surface area contributed by atoms with Crippen LogP contribution in [0.4, 0.5) is 0 Å². The molecule has 0 N–H and O–H groups in total. The first-order chi connectivity index (χ1) is 17.6. The molecule has 3 aromatic carbocycles. The molecule has 0 unspecified atom stereocenters. The van der Waals surface area contributed by atoms with Gasteiger partial charge in [-0.15, -0.1) is 0 Å². The molecule has 0 aliphatic heterocycles. The molecule has 2 aliphatic carbocycles. The van der Waals surface area contributed by atoms with Crippen LogP contribution in [0.25, 0.3) is 22.3 Å². The van der Waals surface area contributed by atoms with Gasteiger partial charge in [0, 0.05) is 0 Å². The number of benzene rings is 3. The number of ether oxygens (including phenoxy) is 2. The van der Waals surface area contributed by atoms with Gasteiger partial charge in [0.2, 0.25) is 0 Å². The smallest absolute Gasteiger partial charge is 0.338 e. The van der Waals surface area contributed by atoms with Crippen molar-refractivity contribution in [1.82, 2.24) is 0 Å². The summed E-state index contributed by atoms with van der Waals surface area (Å²) in [6.07, 6.45) is 5.14. The Labute approximate surface area is 210 Å². The molecular weight excluding hydrogens is 448 g/mol. The summed E-state index contributed by atoms with van der Waals surface area (Å²) in [7, 11) is 2.82. The summed E-state index contributed by atoms with van der Waals surface area (Å²) < 4.78 is 10.1. The number of hydrogen-bond acceptors (Lipinski definition) is 4. The normalized spacial score (nSPS) is 15.1. The van der Waals surface area contributed by atoms with Gasteiger partial charge in [0.1, 0.15) is 0 Å². The first kappa shape index (κ1) is 23.3. The van der Waals surface area contributed by atoms with E-state index in [4.69, 9.17) is 9.47 Å². The summed E-state index contributed by atoms with van der Waals surface area (Å²) >= 11 is 0. The zero-order valence-electron chi connectivity index (χ0n) is 20.3. The van der Waals surface area contributed by atoms with Crippen LogP contribution in [-0.4, -0.2) is 26.2 Å². The Kier molecular flexibility index (Phi) is 6.50. The van der Waals surface area contributed by atoms with E-state index in [0.717, 1.165) is 44.5 Å². The second kappa shape index (κ2) is 10.0. The minimum atomic E-state index is -0.335. The van der Waals surface area contributed by atoms with Gasteiger partial charge in [-0.05, 0) is 75.6 Å². The lowest BCUT2D eigenvalue weighted by Gasteiger charge is -2.10. The molecule has 0 saturated carbocycles. The number of methoxy groups -OCH3 is 2. The van der Waals surface area contributed by atoms with Crippen LogP contribution in [0.3, 0.4) is 0 Å². The second-order valence-corrected chi connectivity index (χ2v) is 8.77. The average molecular weight is 475 g/mol. The number of hydrogen-bond donors (Lipinski definition) is 0. The predicted octanol–water partition coefficient (Wildman–Crippen LogP) is 6.51. The maximum Gasteiger partial charge on any atom is 0.338 e. The van der Waals surface area contributed by atoms with Crippen LogP contribution in [-0.2, 0) is 19.1 Å². The quantitative estimate of drug-likeness (QED) is 0.382. The SMILES string of the molecule is COC(=O)C1=C(c2ccccc2)CC(c2cccc(C3=CC(C(=O)OC)=C(c4ccccc4)C3)c2)=C1. The Hall–Kier alpha value is -4.44. The summed E-state index contributed by atoms with van der Waals surface area (Å²) in [6.45, 7) is 0. The number of allylic oxidation sites excluding steroid dienone is 4. The number of carbonyl (C=O) groups is 2. The summed E-state index contributed by atoms with van der Waals surface area (Å²) in [5.74, 6) is -0.670. The number of carbonyl (C=O) groups excluding carboxylic acids is 2. The number of esters is 2. The van der Waals surface area contributed by atoms with Crippen molar-refractivity contribution in [2.75, 3.05) is 14.2 Å². The lowest BCUT2D eigenvalue weighted by molar-refractivity contribution is -0.136. The fraction of sp³-hybridized carbons (Fsp3) is 0.125. The fourth-order valence-corrected chi connectivity index (χ4v) is 4.86.